The van der Waals surface area contributed by atoms with Crippen molar-refractivity contribution >= 4 is 0 Å². The number of halogens is 2. The molecule has 4 nitrogen and oxygen atoms in total. The molecule has 0 aromatic carbocycles. The molecule has 2 heterocycles. The summed E-state index contributed by atoms with van der Waals surface area (Å²) in [5.74, 6) is 1.33. The molecular formula is C17H32BrClN4. The van der Waals surface area contributed by atoms with Gasteiger partial charge in [0.15, 0.2) is 0 Å². The predicted octanol–water partition coefficient (Wildman–Crippen LogP) is -3.46. The Morgan fingerprint density at radius 2 is 1.57 bits per heavy atom. The molecule has 2 aromatic heterocycles. The molecular weight excluding hydrogens is 376 g/mol. The van der Waals surface area contributed by atoms with E-state index >= 15 is 0 Å². The van der Waals surface area contributed by atoms with Crippen LogP contribution in [-0.4, -0.2) is 9.13 Å². The molecule has 0 aliphatic heterocycles. The molecule has 0 bridgehead atoms. The van der Waals surface area contributed by atoms with Gasteiger partial charge in [0.05, 0.1) is 27.2 Å². The summed E-state index contributed by atoms with van der Waals surface area (Å²) in [6.45, 7) is 8.89. The number of hydrogen-bond donors (Lipinski definition) is 0. The summed E-state index contributed by atoms with van der Waals surface area (Å²) < 4.78 is 8.72. The van der Waals surface area contributed by atoms with Gasteiger partial charge in [0.1, 0.15) is 24.8 Å². The summed E-state index contributed by atoms with van der Waals surface area (Å²) in [6.07, 6.45) is 15.6. The Hall–Kier alpha value is -0.810. The Labute approximate surface area is 158 Å². The van der Waals surface area contributed by atoms with Crippen LogP contribution in [0.5, 0.6) is 0 Å². The molecule has 0 spiro atoms. The summed E-state index contributed by atoms with van der Waals surface area (Å²) in [5.41, 5.74) is 0. The van der Waals surface area contributed by atoms with Crippen LogP contribution in [0.25, 0.3) is 0 Å². The van der Waals surface area contributed by atoms with Gasteiger partial charge in [-0.05, 0) is 12.8 Å². The molecule has 0 unspecified atom stereocenters. The molecule has 23 heavy (non-hydrogen) atoms. The van der Waals surface area contributed by atoms with E-state index in [9.17, 15) is 0 Å². The van der Waals surface area contributed by atoms with Crippen LogP contribution >= 0.6 is 0 Å². The third kappa shape index (κ3) is 9.16. The van der Waals surface area contributed by atoms with Crippen LogP contribution in [0, 0.1) is 6.92 Å². The summed E-state index contributed by atoms with van der Waals surface area (Å²) in [4.78, 5) is 0. The van der Waals surface area contributed by atoms with E-state index in [0.717, 1.165) is 13.1 Å². The third-order valence-electron chi connectivity index (χ3n) is 3.74. The quantitative estimate of drug-likeness (QED) is 0.443. The summed E-state index contributed by atoms with van der Waals surface area (Å²) in [7, 11) is 4.13. The Balaban J connectivity index is 0. The van der Waals surface area contributed by atoms with Crippen molar-refractivity contribution in [3.05, 3.63) is 36.9 Å². The molecule has 0 saturated carbocycles. The van der Waals surface area contributed by atoms with E-state index in [1.165, 1.54) is 31.5 Å². The lowest BCUT2D eigenvalue weighted by Crippen LogP contribution is -3.00. The van der Waals surface area contributed by atoms with E-state index in [2.05, 4.69) is 77.2 Å². The summed E-state index contributed by atoms with van der Waals surface area (Å²) >= 11 is 0. The second-order valence-electron chi connectivity index (χ2n) is 5.67. The van der Waals surface area contributed by atoms with Crippen LogP contribution in [0.3, 0.4) is 0 Å². The number of nitrogens with zero attached hydrogens (tertiary/aromatic N) is 4. The number of rotatable bonds is 6. The van der Waals surface area contributed by atoms with Gasteiger partial charge in [-0.25, -0.2) is 18.3 Å². The lowest BCUT2D eigenvalue weighted by atomic mass is 10.3. The first kappa shape index (κ1) is 24.4. The Morgan fingerprint density at radius 3 is 2.00 bits per heavy atom. The molecule has 0 amide bonds. The first-order chi connectivity index (χ1) is 10.1. The zero-order valence-electron chi connectivity index (χ0n) is 15.2. The Bertz CT molecular complexity index is 522. The van der Waals surface area contributed by atoms with Gasteiger partial charge in [0, 0.05) is 6.92 Å². The minimum Gasteiger partial charge on any atom is -1.00 e. The van der Waals surface area contributed by atoms with Gasteiger partial charge >= 0.3 is 0 Å². The van der Waals surface area contributed by atoms with Crippen LogP contribution in [-0.2, 0) is 27.2 Å². The minimum absolute atomic E-state index is 0. The summed E-state index contributed by atoms with van der Waals surface area (Å²) in [5, 5.41) is 0. The third-order valence-corrected chi connectivity index (χ3v) is 3.74. The van der Waals surface area contributed by atoms with E-state index < -0.39 is 0 Å². The van der Waals surface area contributed by atoms with Crippen LogP contribution < -0.4 is 38.5 Å². The molecule has 2 rings (SSSR count). The topological polar surface area (TPSA) is 17.6 Å². The highest BCUT2D eigenvalue weighted by Gasteiger charge is 2.06. The van der Waals surface area contributed by atoms with Gasteiger partial charge in [0.2, 0.25) is 6.33 Å². The fourth-order valence-corrected chi connectivity index (χ4v) is 2.14. The lowest BCUT2D eigenvalue weighted by Gasteiger charge is -1.95. The van der Waals surface area contributed by atoms with Crippen molar-refractivity contribution in [2.75, 3.05) is 0 Å². The van der Waals surface area contributed by atoms with E-state index in [4.69, 9.17) is 0 Å². The highest BCUT2D eigenvalue weighted by atomic mass is 79.9. The molecule has 2 aromatic rings. The molecule has 0 saturated heterocycles. The van der Waals surface area contributed by atoms with Crippen LogP contribution in [0.15, 0.2) is 31.1 Å². The molecule has 0 N–H and O–H groups in total. The van der Waals surface area contributed by atoms with Crippen molar-refractivity contribution in [1.29, 1.82) is 0 Å². The van der Waals surface area contributed by atoms with Gasteiger partial charge in [-0.1, -0.05) is 26.7 Å². The smallest absolute Gasteiger partial charge is 0.253 e. The normalized spacial score (nSPS) is 9.43. The van der Waals surface area contributed by atoms with Gasteiger partial charge in [0.25, 0.3) is 5.82 Å². The predicted molar refractivity (Wildman–Crippen MR) is 85.8 cm³/mol. The monoisotopic (exact) mass is 406 g/mol. The van der Waals surface area contributed by atoms with Crippen molar-refractivity contribution in [3.63, 3.8) is 0 Å². The minimum atomic E-state index is 0. The number of aryl methyl sites for hydroxylation is 4. The number of unbranched alkanes of at least 4 members (excludes halogenated alkanes) is 2. The van der Waals surface area contributed by atoms with Gasteiger partial charge < -0.3 is 29.4 Å². The maximum atomic E-state index is 2.30. The van der Waals surface area contributed by atoms with Crippen LogP contribution in [0.2, 0.25) is 0 Å². The van der Waals surface area contributed by atoms with Crippen molar-refractivity contribution in [2.24, 2.45) is 14.1 Å². The number of imidazole rings is 2. The maximum Gasteiger partial charge on any atom is 0.253 e. The second kappa shape index (κ2) is 13.6. The molecule has 0 fully saturated rings. The fraction of sp³-hybridized carbons (Fsp3) is 0.647. The van der Waals surface area contributed by atoms with Gasteiger partial charge in [-0.15, -0.1) is 0 Å². The lowest BCUT2D eigenvalue weighted by molar-refractivity contribution is -0.677. The molecule has 0 aliphatic carbocycles. The van der Waals surface area contributed by atoms with Crippen LogP contribution in [0.1, 0.15) is 45.4 Å². The largest absolute Gasteiger partial charge is 1.00 e. The van der Waals surface area contributed by atoms with E-state index in [-0.39, 0.29) is 29.4 Å². The van der Waals surface area contributed by atoms with Gasteiger partial charge in [-0.2, -0.15) is 0 Å². The molecule has 134 valence electrons. The zero-order chi connectivity index (χ0) is 15.7. The first-order valence-electron chi connectivity index (χ1n) is 8.10. The zero-order valence-corrected chi connectivity index (χ0v) is 17.5. The number of hydrogen-bond acceptors (Lipinski definition) is 0. The molecule has 0 atom stereocenters. The second-order valence-corrected chi connectivity index (χ2v) is 5.67. The molecule has 0 aliphatic rings. The average Bonchev–Trinajstić information content (AvgIpc) is 3.03. The first-order valence-corrected chi connectivity index (χ1v) is 8.10. The molecule has 6 heteroatoms. The van der Waals surface area contributed by atoms with Crippen molar-refractivity contribution in [1.82, 2.24) is 9.13 Å². The highest BCUT2D eigenvalue weighted by Crippen LogP contribution is 1.97. The Morgan fingerprint density at radius 1 is 0.957 bits per heavy atom. The fourth-order valence-electron chi connectivity index (χ4n) is 2.14. The van der Waals surface area contributed by atoms with Crippen molar-refractivity contribution in [2.45, 2.75) is 59.5 Å². The highest BCUT2D eigenvalue weighted by molar-refractivity contribution is 4.78. The van der Waals surface area contributed by atoms with Gasteiger partial charge in [-0.3, -0.25) is 0 Å². The van der Waals surface area contributed by atoms with E-state index in [0.29, 0.717) is 0 Å². The SMILES string of the molecule is CCCCn1cc[n+](C)c1.CCCCn1cc[n+](C)c1C.[Br-].[Cl-]. The molecule has 0 radical (unpaired) electrons. The average molecular weight is 408 g/mol. The Kier molecular flexibility index (Phi) is 14.5. The summed E-state index contributed by atoms with van der Waals surface area (Å²) in [6, 6.07) is 0. The van der Waals surface area contributed by atoms with Crippen molar-refractivity contribution in [3.8, 4) is 0 Å². The number of aromatic nitrogens is 4. The van der Waals surface area contributed by atoms with Crippen LogP contribution in [0.4, 0.5) is 0 Å². The standard InChI is InChI=1S/C9H17N2.C8H15N2.BrH.ClH/c1-4-5-6-11-8-7-10(3)9(11)2;1-3-4-5-10-7-6-9(2)8-10;;/h7-8H,4-6H2,1-3H3;6-8H,3-5H2,1-2H3;2*1H/q2*+1;;/p-2. The van der Waals surface area contributed by atoms with E-state index in [1.807, 2.05) is 7.05 Å². The van der Waals surface area contributed by atoms with Crippen molar-refractivity contribution < 1.29 is 38.5 Å². The van der Waals surface area contributed by atoms with E-state index in [1.54, 1.807) is 0 Å². The maximum absolute atomic E-state index is 2.30.